The zero-order chi connectivity index (χ0) is 17.7. The van der Waals surface area contributed by atoms with E-state index >= 15 is 0 Å². The molecule has 1 amide bonds. The highest BCUT2D eigenvalue weighted by Crippen LogP contribution is 2.22. The summed E-state index contributed by atoms with van der Waals surface area (Å²) < 4.78 is 23.8. The number of nitrogens with two attached hydrogens (primary N) is 1. The van der Waals surface area contributed by atoms with E-state index in [0.717, 1.165) is 5.56 Å². The van der Waals surface area contributed by atoms with E-state index in [0.29, 0.717) is 17.9 Å². The molecule has 1 unspecified atom stereocenters. The minimum atomic E-state index is -0.542. The first-order valence-electron chi connectivity index (χ1n) is 7.80. The van der Waals surface area contributed by atoms with Gasteiger partial charge in [-0.15, -0.1) is 0 Å². The fourth-order valence-corrected chi connectivity index (χ4v) is 2.12. The van der Waals surface area contributed by atoms with Crippen LogP contribution in [0.1, 0.15) is 26.5 Å². The van der Waals surface area contributed by atoms with Gasteiger partial charge in [0.1, 0.15) is 22.9 Å². The quantitative estimate of drug-likeness (QED) is 0.877. The highest BCUT2D eigenvalue weighted by molar-refractivity contribution is 5.67. The van der Waals surface area contributed by atoms with E-state index in [-0.39, 0.29) is 18.4 Å². The molecule has 6 heteroatoms. The smallest absolute Gasteiger partial charge is 0.407 e. The van der Waals surface area contributed by atoms with Gasteiger partial charge in [-0.05, 0) is 57.2 Å². The Kier molecular flexibility index (Phi) is 5.62. The minimum Gasteiger partial charge on any atom is -0.461 e. The number of carbonyl (C=O) groups excluding carboxylic acids is 1. The predicted molar refractivity (Wildman–Crippen MR) is 90.0 cm³/mol. The molecule has 24 heavy (non-hydrogen) atoms. The molecule has 0 spiro atoms. The molecule has 1 aromatic heterocycles. The van der Waals surface area contributed by atoms with Gasteiger partial charge in [-0.1, -0.05) is 0 Å². The van der Waals surface area contributed by atoms with Crippen LogP contribution in [0.25, 0.3) is 11.3 Å². The van der Waals surface area contributed by atoms with E-state index in [1.807, 2.05) is 12.1 Å². The zero-order valence-electron chi connectivity index (χ0n) is 14.1. The molecule has 1 aromatic carbocycles. The van der Waals surface area contributed by atoms with Crippen molar-refractivity contribution < 1.29 is 18.3 Å². The molecule has 0 bridgehead atoms. The van der Waals surface area contributed by atoms with Gasteiger partial charge < -0.3 is 20.2 Å². The summed E-state index contributed by atoms with van der Waals surface area (Å²) in [6.07, 6.45) is -0.0267. The van der Waals surface area contributed by atoms with Crippen molar-refractivity contribution in [2.45, 2.75) is 38.8 Å². The molecule has 3 N–H and O–H groups in total. The van der Waals surface area contributed by atoms with Gasteiger partial charge in [0.05, 0.1) is 0 Å². The number of alkyl carbamates (subject to hydrolysis) is 1. The lowest BCUT2D eigenvalue weighted by Gasteiger charge is -2.20. The summed E-state index contributed by atoms with van der Waals surface area (Å²) in [5, 5.41) is 2.63. The first-order valence-corrected chi connectivity index (χ1v) is 7.80. The molecule has 5 nitrogen and oxygen atoms in total. The number of ether oxygens (including phenoxy) is 1. The molecule has 2 aromatic rings. The largest absolute Gasteiger partial charge is 0.461 e. The van der Waals surface area contributed by atoms with Gasteiger partial charge in [0.25, 0.3) is 0 Å². The Morgan fingerprint density at radius 1 is 1.25 bits per heavy atom. The summed E-state index contributed by atoms with van der Waals surface area (Å²) in [7, 11) is 0. The number of nitrogens with one attached hydrogen (secondary N) is 1. The minimum absolute atomic E-state index is 0.279. The zero-order valence-corrected chi connectivity index (χ0v) is 14.1. The fourth-order valence-electron chi connectivity index (χ4n) is 2.12. The number of amides is 1. The highest BCUT2D eigenvalue weighted by atomic mass is 19.1. The molecule has 0 saturated heterocycles. The van der Waals surface area contributed by atoms with Crippen molar-refractivity contribution in [3.63, 3.8) is 0 Å². The second-order valence-corrected chi connectivity index (χ2v) is 6.62. The van der Waals surface area contributed by atoms with E-state index in [4.69, 9.17) is 14.9 Å². The standard InChI is InChI=1S/C18H23FN2O3/c1-18(2,3)24-17(22)21-11-14(20)10-15-8-9-16(23-15)12-4-6-13(19)7-5-12/h4-9,14H,10-11,20H2,1-3H3,(H,21,22). The summed E-state index contributed by atoms with van der Waals surface area (Å²) >= 11 is 0. The van der Waals surface area contributed by atoms with Crippen molar-refractivity contribution in [1.29, 1.82) is 0 Å². The normalized spacial score (nSPS) is 12.7. The molecule has 0 fully saturated rings. The molecule has 0 aliphatic rings. The number of rotatable bonds is 5. The average molecular weight is 334 g/mol. The second kappa shape index (κ2) is 7.49. The van der Waals surface area contributed by atoms with Crippen molar-refractivity contribution in [3.8, 4) is 11.3 Å². The first-order chi connectivity index (χ1) is 11.2. The third-order valence-corrected chi connectivity index (χ3v) is 3.16. The Bertz CT molecular complexity index is 674. The fraction of sp³-hybridized carbons (Fsp3) is 0.389. The summed E-state index contributed by atoms with van der Waals surface area (Å²) in [5.74, 6) is 1.06. The van der Waals surface area contributed by atoms with E-state index in [2.05, 4.69) is 5.32 Å². The van der Waals surface area contributed by atoms with Crippen molar-refractivity contribution in [3.05, 3.63) is 48.0 Å². The van der Waals surface area contributed by atoms with Gasteiger partial charge in [-0.3, -0.25) is 0 Å². The Morgan fingerprint density at radius 3 is 2.54 bits per heavy atom. The van der Waals surface area contributed by atoms with Crippen molar-refractivity contribution >= 4 is 6.09 Å². The van der Waals surface area contributed by atoms with Crippen LogP contribution in [-0.4, -0.2) is 24.3 Å². The second-order valence-electron chi connectivity index (χ2n) is 6.62. The van der Waals surface area contributed by atoms with Crippen LogP contribution < -0.4 is 11.1 Å². The number of halogens is 1. The maximum Gasteiger partial charge on any atom is 0.407 e. The first kappa shape index (κ1) is 18.0. The van der Waals surface area contributed by atoms with Gasteiger partial charge in [-0.2, -0.15) is 0 Å². The van der Waals surface area contributed by atoms with Crippen molar-refractivity contribution in [1.82, 2.24) is 5.32 Å². The van der Waals surface area contributed by atoms with Gasteiger partial charge in [-0.25, -0.2) is 9.18 Å². The molecule has 0 aliphatic carbocycles. The number of carbonyl (C=O) groups is 1. The van der Waals surface area contributed by atoms with Gasteiger partial charge in [0.2, 0.25) is 0 Å². The Labute approximate surface area is 141 Å². The van der Waals surface area contributed by atoms with Crippen LogP contribution in [-0.2, 0) is 11.2 Å². The Morgan fingerprint density at radius 2 is 1.92 bits per heavy atom. The molecule has 130 valence electrons. The molecular weight excluding hydrogens is 311 g/mol. The van der Waals surface area contributed by atoms with Crippen LogP contribution in [0.2, 0.25) is 0 Å². The number of hydrogen-bond donors (Lipinski definition) is 2. The van der Waals surface area contributed by atoms with Crippen LogP contribution >= 0.6 is 0 Å². The lowest BCUT2D eigenvalue weighted by Crippen LogP contribution is -2.41. The van der Waals surface area contributed by atoms with Gasteiger partial charge >= 0.3 is 6.09 Å². The van der Waals surface area contributed by atoms with Crippen molar-refractivity contribution in [2.75, 3.05) is 6.54 Å². The van der Waals surface area contributed by atoms with E-state index < -0.39 is 11.7 Å². The Hall–Kier alpha value is -2.34. The average Bonchev–Trinajstić information content (AvgIpc) is 2.92. The van der Waals surface area contributed by atoms with Crippen LogP contribution in [0.5, 0.6) is 0 Å². The van der Waals surface area contributed by atoms with E-state index in [9.17, 15) is 9.18 Å². The molecule has 2 rings (SSSR count). The molecule has 1 atom stereocenters. The number of benzene rings is 1. The van der Waals surface area contributed by atoms with Crippen LogP contribution in [0.3, 0.4) is 0 Å². The summed E-state index contributed by atoms with van der Waals surface area (Å²) in [4.78, 5) is 11.6. The summed E-state index contributed by atoms with van der Waals surface area (Å²) in [6, 6.07) is 9.42. The third kappa shape index (κ3) is 5.70. The molecule has 1 heterocycles. The predicted octanol–water partition coefficient (Wildman–Crippen LogP) is 3.48. The number of hydrogen-bond acceptors (Lipinski definition) is 4. The maximum atomic E-state index is 12.9. The SMILES string of the molecule is CC(C)(C)OC(=O)NCC(N)Cc1ccc(-c2ccc(F)cc2)o1. The summed E-state index contributed by atoms with van der Waals surface area (Å²) in [6.45, 7) is 5.67. The third-order valence-electron chi connectivity index (χ3n) is 3.16. The Balaban J connectivity index is 1.85. The monoisotopic (exact) mass is 334 g/mol. The van der Waals surface area contributed by atoms with Crippen LogP contribution in [0.4, 0.5) is 9.18 Å². The van der Waals surface area contributed by atoms with E-state index in [1.165, 1.54) is 12.1 Å². The van der Waals surface area contributed by atoms with Gasteiger partial charge in [0, 0.05) is 24.6 Å². The lowest BCUT2D eigenvalue weighted by atomic mass is 10.1. The molecule has 0 aliphatic heterocycles. The highest BCUT2D eigenvalue weighted by Gasteiger charge is 2.17. The maximum absolute atomic E-state index is 12.9. The lowest BCUT2D eigenvalue weighted by molar-refractivity contribution is 0.0524. The topological polar surface area (TPSA) is 77.5 Å². The molecular formula is C18H23FN2O3. The number of furan rings is 1. The molecule has 0 radical (unpaired) electrons. The van der Waals surface area contributed by atoms with Crippen LogP contribution in [0.15, 0.2) is 40.8 Å². The van der Waals surface area contributed by atoms with Crippen LogP contribution in [0, 0.1) is 5.82 Å². The molecule has 0 saturated carbocycles. The van der Waals surface area contributed by atoms with Crippen molar-refractivity contribution in [2.24, 2.45) is 5.73 Å². The van der Waals surface area contributed by atoms with E-state index in [1.54, 1.807) is 32.9 Å². The van der Waals surface area contributed by atoms with Gasteiger partial charge in [0.15, 0.2) is 0 Å². The summed E-state index contributed by atoms with van der Waals surface area (Å²) in [5.41, 5.74) is 6.26.